The lowest BCUT2D eigenvalue weighted by Crippen LogP contribution is -2.33. The molecule has 2 aromatic carbocycles. The Labute approximate surface area is 126 Å². The number of amides is 2. The van der Waals surface area contributed by atoms with Crippen molar-refractivity contribution in [3.8, 4) is 0 Å². The number of halogens is 2. The summed E-state index contributed by atoms with van der Waals surface area (Å²) in [5.41, 5.74) is 1.31. The van der Waals surface area contributed by atoms with E-state index >= 15 is 0 Å². The van der Waals surface area contributed by atoms with Crippen LogP contribution in [0.4, 0.5) is 14.5 Å². The normalized spacial score (nSPS) is 10.1. The molecule has 0 aliphatic heterocycles. The fraction of sp³-hybridized carbons (Fsp3) is 0.125. The Balaban J connectivity index is 1.89. The highest BCUT2D eigenvalue weighted by atomic mass is 19.1. The van der Waals surface area contributed by atoms with Crippen LogP contribution in [0.25, 0.3) is 0 Å². The molecule has 2 amide bonds. The van der Waals surface area contributed by atoms with E-state index < -0.39 is 17.6 Å². The number of anilines is 1. The molecule has 2 rings (SSSR count). The van der Waals surface area contributed by atoms with Gasteiger partial charge in [-0.1, -0.05) is 0 Å². The van der Waals surface area contributed by atoms with Crippen LogP contribution >= 0.6 is 0 Å². The van der Waals surface area contributed by atoms with E-state index in [2.05, 4.69) is 10.6 Å². The van der Waals surface area contributed by atoms with E-state index in [0.29, 0.717) is 11.3 Å². The number of rotatable bonds is 4. The second-order valence-electron chi connectivity index (χ2n) is 4.70. The lowest BCUT2D eigenvalue weighted by atomic mass is 10.2. The third-order valence-corrected chi connectivity index (χ3v) is 2.98. The maximum absolute atomic E-state index is 13.0. The standard InChI is InChI=1S/C16H14F2N2O2/c1-10-8-13(18)6-7-14(10)20-15(21)9-19-16(22)11-2-4-12(17)5-3-11/h2-8H,9H2,1H3,(H,19,22)(H,20,21). The molecule has 0 aromatic heterocycles. The lowest BCUT2D eigenvalue weighted by Gasteiger charge is -2.09. The van der Waals surface area contributed by atoms with Crippen LogP contribution < -0.4 is 10.6 Å². The van der Waals surface area contributed by atoms with Gasteiger partial charge in [-0.25, -0.2) is 8.78 Å². The predicted molar refractivity (Wildman–Crippen MR) is 78.5 cm³/mol. The number of aryl methyl sites for hydroxylation is 1. The van der Waals surface area contributed by atoms with Crippen molar-refractivity contribution < 1.29 is 18.4 Å². The van der Waals surface area contributed by atoms with Gasteiger partial charge in [-0.15, -0.1) is 0 Å². The molecule has 0 saturated carbocycles. The van der Waals surface area contributed by atoms with Gasteiger partial charge in [0.25, 0.3) is 5.91 Å². The van der Waals surface area contributed by atoms with Crippen LogP contribution in [0.5, 0.6) is 0 Å². The second-order valence-corrected chi connectivity index (χ2v) is 4.70. The number of hydrogen-bond acceptors (Lipinski definition) is 2. The van der Waals surface area contributed by atoms with Crippen molar-refractivity contribution in [2.75, 3.05) is 11.9 Å². The van der Waals surface area contributed by atoms with Gasteiger partial charge in [0.15, 0.2) is 0 Å². The Hall–Kier alpha value is -2.76. The van der Waals surface area contributed by atoms with Gasteiger partial charge in [-0.3, -0.25) is 9.59 Å². The van der Waals surface area contributed by atoms with Gasteiger partial charge in [0.2, 0.25) is 5.91 Å². The Kier molecular flexibility index (Phi) is 4.83. The van der Waals surface area contributed by atoms with Crippen LogP contribution in [0, 0.1) is 18.6 Å². The van der Waals surface area contributed by atoms with Crippen LogP contribution in [0.15, 0.2) is 42.5 Å². The molecular formula is C16H14F2N2O2. The third kappa shape index (κ3) is 4.12. The monoisotopic (exact) mass is 304 g/mol. The molecule has 4 nitrogen and oxygen atoms in total. The van der Waals surface area contributed by atoms with Crippen molar-refractivity contribution in [3.05, 3.63) is 65.2 Å². The Bertz CT molecular complexity index is 700. The summed E-state index contributed by atoms with van der Waals surface area (Å²) < 4.78 is 25.7. The average Bonchev–Trinajstić information content (AvgIpc) is 2.48. The van der Waals surface area contributed by atoms with Crippen LogP contribution in [0.3, 0.4) is 0 Å². The molecule has 0 aliphatic rings. The summed E-state index contributed by atoms with van der Waals surface area (Å²) >= 11 is 0. The summed E-state index contributed by atoms with van der Waals surface area (Å²) in [6, 6.07) is 8.96. The van der Waals surface area contributed by atoms with Crippen LogP contribution in [-0.2, 0) is 4.79 Å². The highest BCUT2D eigenvalue weighted by molar-refractivity contribution is 5.99. The summed E-state index contributed by atoms with van der Waals surface area (Å²) in [6.45, 7) is 1.42. The van der Waals surface area contributed by atoms with E-state index in [-0.39, 0.29) is 17.9 Å². The van der Waals surface area contributed by atoms with Gasteiger partial charge in [0.1, 0.15) is 11.6 Å². The second kappa shape index (κ2) is 6.80. The van der Waals surface area contributed by atoms with E-state index in [1.165, 1.54) is 30.3 Å². The van der Waals surface area contributed by atoms with Gasteiger partial charge in [-0.05, 0) is 55.0 Å². The molecule has 0 aliphatic carbocycles. The van der Waals surface area contributed by atoms with E-state index in [9.17, 15) is 18.4 Å². The van der Waals surface area contributed by atoms with Gasteiger partial charge in [0, 0.05) is 11.3 Å². The summed E-state index contributed by atoms with van der Waals surface area (Å²) in [4.78, 5) is 23.5. The molecule has 2 aromatic rings. The van der Waals surface area contributed by atoms with E-state index in [1.807, 2.05) is 0 Å². The fourth-order valence-corrected chi connectivity index (χ4v) is 1.83. The van der Waals surface area contributed by atoms with Crippen molar-refractivity contribution in [1.82, 2.24) is 5.32 Å². The maximum Gasteiger partial charge on any atom is 0.251 e. The summed E-state index contributed by atoms with van der Waals surface area (Å²) in [6.07, 6.45) is 0. The number of nitrogens with one attached hydrogen (secondary N) is 2. The molecule has 114 valence electrons. The van der Waals surface area contributed by atoms with Crippen LogP contribution in [0.1, 0.15) is 15.9 Å². The molecule has 0 saturated heterocycles. The zero-order chi connectivity index (χ0) is 16.1. The molecule has 0 heterocycles. The van der Waals surface area contributed by atoms with Gasteiger partial charge in [-0.2, -0.15) is 0 Å². The quantitative estimate of drug-likeness (QED) is 0.912. The summed E-state index contributed by atoms with van der Waals surface area (Å²) in [7, 11) is 0. The van der Waals surface area contributed by atoms with Gasteiger partial charge in [0.05, 0.1) is 6.54 Å². The molecule has 0 atom stereocenters. The molecular weight excluding hydrogens is 290 g/mol. The van der Waals surface area contributed by atoms with Crippen molar-refractivity contribution in [1.29, 1.82) is 0 Å². The Morgan fingerprint density at radius 2 is 1.64 bits per heavy atom. The van der Waals surface area contributed by atoms with Crippen molar-refractivity contribution in [2.24, 2.45) is 0 Å². The zero-order valence-corrected chi connectivity index (χ0v) is 11.8. The Morgan fingerprint density at radius 3 is 2.27 bits per heavy atom. The van der Waals surface area contributed by atoms with Crippen LogP contribution in [-0.4, -0.2) is 18.4 Å². The topological polar surface area (TPSA) is 58.2 Å². The Morgan fingerprint density at radius 1 is 1.00 bits per heavy atom. The van der Waals surface area contributed by atoms with Gasteiger partial charge >= 0.3 is 0 Å². The molecule has 0 unspecified atom stereocenters. The number of carbonyl (C=O) groups is 2. The summed E-state index contributed by atoms with van der Waals surface area (Å²) in [5.74, 6) is -1.75. The SMILES string of the molecule is Cc1cc(F)ccc1NC(=O)CNC(=O)c1ccc(F)cc1. The molecule has 0 fully saturated rings. The highest BCUT2D eigenvalue weighted by Gasteiger charge is 2.09. The molecule has 6 heteroatoms. The summed E-state index contributed by atoms with van der Waals surface area (Å²) in [5, 5.41) is 4.99. The van der Waals surface area contributed by atoms with E-state index in [4.69, 9.17) is 0 Å². The fourth-order valence-electron chi connectivity index (χ4n) is 1.83. The highest BCUT2D eigenvalue weighted by Crippen LogP contribution is 2.15. The first kappa shape index (κ1) is 15.6. The molecule has 0 radical (unpaired) electrons. The smallest absolute Gasteiger partial charge is 0.251 e. The average molecular weight is 304 g/mol. The minimum absolute atomic E-state index is 0.243. The number of benzene rings is 2. The third-order valence-electron chi connectivity index (χ3n) is 2.98. The van der Waals surface area contributed by atoms with Crippen molar-refractivity contribution >= 4 is 17.5 Å². The van der Waals surface area contributed by atoms with Crippen molar-refractivity contribution in [3.63, 3.8) is 0 Å². The maximum atomic E-state index is 13.0. The largest absolute Gasteiger partial charge is 0.343 e. The zero-order valence-electron chi connectivity index (χ0n) is 11.8. The first-order valence-corrected chi connectivity index (χ1v) is 6.55. The molecule has 0 spiro atoms. The first-order valence-electron chi connectivity index (χ1n) is 6.55. The lowest BCUT2D eigenvalue weighted by molar-refractivity contribution is -0.115. The van der Waals surface area contributed by atoms with Crippen LogP contribution in [0.2, 0.25) is 0 Å². The van der Waals surface area contributed by atoms with Crippen molar-refractivity contribution in [2.45, 2.75) is 6.92 Å². The number of hydrogen-bond donors (Lipinski definition) is 2. The molecule has 2 N–H and O–H groups in total. The molecule has 0 bridgehead atoms. The van der Waals surface area contributed by atoms with E-state index in [0.717, 1.165) is 12.1 Å². The number of carbonyl (C=O) groups excluding carboxylic acids is 2. The minimum atomic E-state index is -0.481. The van der Waals surface area contributed by atoms with E-state index in [1.54, 1.807) is 6.92 Å². The first-order chi connectivity index (χ1) is 10.5. The van der Waals surface area contributed by atoms with Gasteiger partial charge < -0.3 is 10.6 Å². The predicted octanol–water partition coefficient (Wildman–Crippen LogP) is 2.64. The minimum Gasteiger partial charge on any atom is -0.343 e. The molecule has 22 heavy (non-hydrogen) atoms.